The molecule has 8 nitrogen and oxygen atoms in total. The fraction of sp³-hybridized carbons (Fsp3) is 0.704. The molecule has 3 heterocycles. The summed E-state index contributed by atoms with van der Waals surface area (Å²) in [5.41, 5.74) is -0.738. The molecule has 0 saturated carbocycles. The van der Waals surface area contributed by atoms with Crippen molar-refractivity contribution >= 4 is 19.3 Å². The van der Waals surface area contributed by atoms with Crippen LogP contribution in [0.1, 0.15) is 66.9 Å². The van der Waals surface area contributed by atoms with Crippen LogP contribution < -0.4 is 0 Å². The minimum Gasteiger partial charge on any atom is -0.445 e. The zero-order chi connectivity index (χ0) is 26.4. The molecular formula is C27H41BN2O6. The summed E-state index contributed by atoms with van der Waals surface area (Å²) in [6.45, 7) is 16.2. The third kappa shape index (κ3) is 5.52. The molecule has 1 atom stereocenters. The zero-order valence-corrected chi connectivity index (χ0v) is 22.8. The van der Waals surface area contributed by atoms with Crippen LogP contribution in [0.2, 0.25) is 5.82 Å². The molecule has 0 aliphatic carbocycles. The van der Waals surface area contributed by atoms with Gasteiger partial charge in [-0.25, -0.2) is 9.59 Å². The van der Waals surface area contributed by atoms with Gasteiger partial charge in [0.25, 0.3) is 0 Å². The summed E-state index contributed by atoms with van der Waals surface area (Å²) in [7, 11) is -0.435. The number of benzene rings is 1. The highest BCUT2D eigenvalue weighted by Crippen LogP contribution is 2.53. The van der Waals surface area contributed by atoms with Crippen LogP contribution in [0.5, 0.6) is 0 Å². The number of nitrogens with zero attached hydrogens (tertiary/aromatic N) is 2. The Morgan fingerprint density at radius 3 is 2.11 bits per heavy atom. The average molecular weight is 500 g/mol. The number of carbonyl (C=O) groups is 2. The predicted octanol–water partition coefficient (Wildman–Crippen LogP) is 5.12. The zero-order valence-electron chi connectivity index (χ0n) is 22.8. The van der Waals surface area contributed by atoms with Gasteiger partial charge < -0.3 is 28.6 Å². The van der Waals surface area contributed by atoms with Crippen LogP contribution in [0.25, 0.3) is 0 Å². The minimum absolute atomic E-state index is 0.0244. The molecule has 1 aromatic carbocycles. The Hall–Kier alpha value is -2.26. The van der Waals surface area contributed by atoms with Gasteiger partial charge in [-0.15, -0.1) is 0 Å². The second-order valence-corrected chi connectivity index (χ2v) is 12.5. The topological polar surface area (TPSA) is 77.5 Å². The van der Waals surface area contributed by atoms with E-state index in [1.54, 1.807) is 9.80 Å². The molecule has 0 aromatic heterocycles. The molecule has 3 saturated heterocycles. The lowest BCUT2D eigenvalue weighted by Gasteiger charge is -2.43. The highest BCUT2D eigenvalue weighted by Gasteiger charge is 2.62. The molecule has 3 aliphatic heterocycles. The molecule has 0 radical (unpaired) electrons. The SMILES string of the molecule is CC(C)(C)OC(=O)N1CCC2(CC1)CN(C(=O)OCc1ccccc1)CC2B1OC(C)(C)C(C)(C)O1. The van der Waals surface area contributed by atoms with Gasteiger partial charge in [0.15, 0.2) is 0 Å². The van der Waals surface area contributed by atoms with Gasteiger partial charge in [-0.1, -0.05) is 30.3 Å². The van der Waals surface area contributed by atoms with Crippen molar-refractivity contribution in [2.45, 2.75) is 90.5 Å². The molecule has 3 aliphatic rings. The molecule has 1 spiro atoms. The van der Waals surface area contributed by atoms with Crippen molar-refractivity contribution in [2.75, 3.05) is 26.2 Å². The highest BCUT2D eigenvalue weighted by atomic mass is 16.7. The van der Waals surface area contributed by atoms with Crippen LogP contribution >= 0.6 is 0 Å². The molecular weight excluding hydrogens is 459 g/mol. The number of hydrogen-bond acceptors (Lipinski definition) is 6. The quantitative estimate of drug-likeness (QED) is 0.537. The summed E-state index contributed by atoms with van der Waals surface area (Å²) in [6.07, 6.45) is 0.862. The van der Waals surface area contributed by atoms with E-state index in [4.69, 9.17) is 18.8 Å². The Balaban J connectivity index is 1.49. The van der Waals surface area contributed by atoms with Crippen molar-refractivity contribution in [3.8, 4) is 0 Å². The van der Waals surface area contributed by atoms with Crippen LogP contribution in [0.15, 0.2) is 30.3 Å². The Morgan fingerprint density at radius 2 is 1.56 bits per heavy atom. The summed E-state index contributed by atoms with van der Waals surface area (Å²) < 4.78 is 24.2. The Labute approximate surface area is 215 Å². The van der Waals surface area contributed by atoms with E-state index in [2.05, 4.69) is 0 Å². The lowest BCUT2D eigenvalue weighted by molar-refractivity contribution is 0.00578. The van der Waals surface area contributed by atoms with E-state index in [0.717, 1.165) is 18.4 Å². The lowest BCUT2D eigenvalue weighted by Crippen LogP contribution is -2.49. The standard InChI is InChI=1S/C27H41BN2O6/c1-24(2,3)34-23(32)29-15-13-27(14-16-29)19-30(22(31)33-18-20-11-9-8-10-12-20)17-21(27)28-35-25(4,5)26(6,7)36-28/h8-12,21H,13-19H2,1-7H3. The van der Waals surface area contributed by atoms with E-state index in [0.29, 0.717) is 26.2 Å². The third-order valence-electron chi connectivity index (χ3n) is 8.18. The third-order valence-corrected chi connectivity index (χ3v) is 8.18. The van der Waals surface area contributed by atoms with E-state index in [-0.39, 0.29) is 30.0 Å². The lowest BCUT2D eigenvalue weighted by atomic mass is 9.55. The molecule has 2 amide bonds. The molecule has 0 N–H and O–H groups in total. The second kappa shape index (κ2) is 9.56. The largest absolute Gasteiger partial charge is 0.463 e. The van der Waals surface area contributed by atoms with Gasteiger partial charge in [-0.3, -0.25) is 0 Å². The summed E-state index contributed by atoms with van der Waals surface area (Å²) in [5.74, 6) is -0.0244. The van der Waals surface area contributed by atoms with Gasteiger partial charge in [-0.05, 0) is 72.3 Å². The van der Waals surface area contributed by atoms with Crippen molar-refractivity contribution in [3.63, 3.8) is 0 Å². The number of likely N-dealkylation sites (tertiary alicyclic amines) is 2. The first-order valence-electron chi connectivity index (χ1n) is 13.0. The Bertz CT molecular complexity index is 937. The fourth-order valence-corrected chi connectivity index (χ4v) is 5.36. The van der Waals surface area contributed by atoms with E-state index in [1.807, 2.05) is 78.8 Å². The predicted molar refractivity (Wildman–Crippen MR) is 138 cm³/mol. The number of rotatable bonds is 3. The molecule has 4 rings (SSSR count). The number of hydrogen-bond donors (Lipinski definition) is 0. The number of carbonyl (C=O) groups excluding carboxylic acids is 2. The van der Waals surface area contributed by atoms with Crippen LogP contribution in [-0.2, 0) is 25.4 Å². The normalized spacial score (nSPS) is 24.8. The Kier molecular flexibility index (Phi) is 7.12. The molecule has 0 bridgehead atoms. The first-order valence-corrected chi connectivity index (χ1v) is 13.0. The summed E-state index contributed by atoms with van der Waals surface area (Å²) >= 11 is 0. The summed E-state index contributed by atoms with van der Waals surface area (Å²) in [4.78, 5) is 29.4. The van der Waals surface area contributed by atoms with Crippen molar-refractivity contribution < 1.29 is 28.4 Å². The van der Waals surface area contributed by atoms with Gasteiger partial charge in [0.1, 0.15) is 12.2 Å². The van der Waals surface area contributed by atoms with Gasteiger partial charge in [0, 0.05) is 32.0 Å². The molecule has 3 fully saturated rings. The maximum absolute atomic E-state index is 13.1. The minimum atomic E-state index is -0.538. The average Bonchev–Trinajstić information content (AvgIpc) is 3.25. The smallest absolute Gasteiger partial charge is 0.445 e. The van der Waals surface area contributed by atoms with Crippen molar-refractivity contribution in [1.29, 1.82) is 0 Å². The molecule has 1 unspecified atom stereocenters. The monoisotopic (exact) mass is 500 g/mol. The van der Waals surface area contributed by atoms with E-state index >= 15 is 0 Å². The van der Waals surface area contributed by atoms with E-state index < -0.39 is 23.9 Å². The highest BCUT2D eigenvalue weighted by molar-refractivity contribution is 6.48. The van der Waals surface area contributed by atoms with Crippen LogP contribution in [0.4, 0.5) is 9.59 Å². The van der Waals surface area contributed by atoms with Gasteiger partial charge in [0.2, 0.25) is 0 Å². The van der Waals surface area contributed by atoms with Crippen molar-refractivity contribution in [3.05, 3.63) is 35.9 Å². The van der Waals surface area contributed by atoms with Crippen molar-refractivity contribution in [1.82, 2.24) is 9.80 Å². The van der Waals surface area contributed by atoms with E-state index in [1.165, 1.54) is 0 Å². The maximum Gasteiger partial charge on any atom is 0.463 e. The second-order valence-electron chi connectivity index (χ2n) is 12.5. The number of ether oxygens (including phenoxy) is 2. The first kappa shape index (κ1) is 26.8. The van der Waals surface area contributed by atoms with Crippen molar-refractivity contribution in [2.24, 2.45) is 5.41 Å². The molecule has 36 heavy (non-hydrogen) atoms. The van der Waals surface area contributed by atoms with Gasteiger partial charge >= 0.3 is 19.3 Å². The molecule has 9 heteroatoms. The molecule has 198 valence electrons. The summed E-state index contributed by atoms with van der Waals surface area (Å²) in [6, 6.07) is 9.69. The first-order chi connectivity index (χ1) is 16.7. The van der Waals surface area contributed by atoms with E-state index in [9.17, 15) is 9.59 Å². The number of amides is 2. The number of piperidine rings is 1. The Morgan fingerprint density at radius 1 is 0.972 bits per heavy atom. The molecule has 1 aromatic rings. The van der Waals surface area contributed by atoms with Crippen LogP contribution in [-0.4, -0.2) is 72.1 Å². The fourth-order valence-electron chi connectivity index (χ4n) is 5.36. The van der Waals surface area contributed by atoms with Gasteiger partial charge in [-0.2, -0.15) is 0 Å². The maximum atomic E-state index is 13.1. The van der Waals surface area contributed by atoms with Crippen LogP contribution in [0, 0.1) is 5.41 Å². The van der Waals surface area contributed by atoms with Crippen LogP contribution in [0.3, 0.4) is 0 Å². The van der Waals surface area contributed by atoms with Gasteiger partial charge in [0.05, 0.1) is 11.2 Å². The summed E-state index contributed by atoms with van der Waals surface area (Å²) in [5, 5.41) is 0.